The maximum absolute atomic E-state index is 11.5. The van der Waals surface area contributed by atoms with Crippen molar-refractivity contribution >= 4 is 5.91 Å². The SMILES string of the molecule is CC(O)(CO)CNC(=O)c1ccc(=O)[nH]c1. The van der Waals surface area contributed by atoms with Crippen molar-refractivity contribution in [2.75, 3.05) is 13.2 Å². The van der Waals surface area contributed by atoms with Crippen molar-refractivity contribution in [1.82, 2.24) is 10.3 Å². The van der Waals surface area contributed by atoms with Crippen molar-refractivity contribution in [2.24, 2.45) is 0 Å². The number of hydrogen-bond acceptors (Lipinski definition) is 4. The largest absolute Gasteiger partial charge is 0.393 e. The molecule has 6 heteroatoms. The second-order valence-electron chi connectivity index (χ2n) is 3.78. The van der Waals surface area contributed by atoms with Gasteiger partial charge in [0, 0.05) is 18.8 Å². The van der Waals surface area contributed by atoms with E-state index in [1.807, 2.05) is 0 Å². The molecule has 0 aliphatic heterocycles. The highest BCUT2D eigenvalue weighted by molar-refractivity contribution is 5.93. The van der Waals surface area contributed by atoms with Crippen LogP contribution in [0.25, 0.3) is 0 Å². The number of aromatic nitrogens is 1. The lowest BCUT2D eigenvalue weighted by molar-refractivity contribution is 0.00320. The van der Waals surface area contributed by atoms with Crippen molar-refractivity contribution in [3.63, 3.8) is 0 Å². The van der Waals surface area contributed by atoms with Crippen LogP contribution in [0.15, 0.2) is 23.1 Å². The zero-order chi connectivity index (χ0) is 12.2. The summed E-state index contributed by atoms with van der Waals surface area (Å²) in [5, 5.41) is 20.6. The monoisotopic (exact) mass is 226 g/mol. The molecule has 16 heavy (non-hydrogen) atoms. The van der Waals surface area contributed by atoms with Gasteiger partial charge in [0.1, 0.15) is 5.60 Å². The van der Waals surface area contributed by atoms with E-state index in [-0.39, 0.29) is 17.7 Å². The quantitative estimate of drug-likeness (QED) is 0.520. The van der Waals surface area contributed by atoms with E-state index in [0.29, 0.717) is 0 Å². The number of rotatable bonds is 4. The first kappa shape index (κ1) is 12.4. The fourth-order valence-corrected chi connectivity index (χ4v) is 0.980. The van der Waals surface area contributed by atoms with Gasteiger partial charge in [-0.3, -0.25) is 9.59 Å². The number of carbonyl (C=O) groups is 1. The molecule has 1 aromatic rings. The topological polar surface area (TPSA) is 102 Å². The van der Waals surface area contributed by atoms with Crippen LogP contribution in [0.3, 0.4) is 0 Å². The second-order valence-corrected chi connectivity index (χ2v) is 3.78. The van der Waals surface area contributed by atoms with Crippen LogP contribution in [-0.2, 0) is 0 Å². The number of amides is 1. The Hall–Kier alpha value is -1.66. The normalized spacial score (nSPS) is 14.2. The summed E-state index contributed by atoms with van der Waals surface area (Å²) in [6.45, 7) is 0.889. The van der Waals surface area contributed by atoms with Gasteiger partial charge < -0.3 is 20.5 Å². The highest BCUT2D eigenvalue weighted by Gasteiger charge is 2.20. The fraction of sp³-hybridized carbons (Fsp3) is 0.400. The fourth-order valence-electron chi connectivity index (χ4n) is 0.980. The summed E-state index contributed by atoms with van der Waals surface area (Å²) in [6, 6.07) is 2.61. The molecule has 0 aromatic carbocycles. The lowest BCUT2D eigenvalue weighted by Crippen LogP contribution is -2.43. The third-order valence-electron chi connectivity index (χ3n) is 2.02. The first-order chi connectivity index (χ1) is 7.44. The summed E-state index contributed by atoms with van der Waals surface area (Å²) < 4.78 is 0. The molecule has 0 fully saturated rings. The van der Waals surface area contributed by atoms with Gasteiger partial charge in [-0.25, -0.2) is 0 Å². The highest BCUT2D eigenvalue weighted by Crippen LogP contribution is 2.00. The summed E-state index contributed by atoms with van der Waals surface area (Å²) in [6.07, 6.45) is 1.28. The maximum atomic E-state index is 11.5. The summed E-state index contributed by atoms with van der Waals surface area (Å²) in [5.74, 6) is -0.426. The van der Waals surface area contributed by atoms with E-state index in [9.17, 15) is 14.7 Å². The molecule has 1 heterocycles. The van der Waals surface area contributed by atoms with E-state index in [2.05, 4.69) is 10.3 Å². The zero-order valence-corrected chi connectivity index (χ0v) is 8.86. The van der Waals surface area contributed by atoms with E-state index in [4.69, 9.17) is 5.11 Å². The molecule has 0 spiro atoms. The van der Waals surface area contributed by atoms with Gasteiger partial charge in [-0.15, -0.1) is 0 Å². The predicted molar refractivity (Wildman–Crippen MR) is 57.1 cm³/mol. The Bertz CT molecular complexity index is 405. The second kappa shape index (κ2) is 4.91. The Labute approximate surface area is 91.9 Å². The van der Waals surface area contributed by atoms with Crippen LogP contribution in [0.4, 0.5) is 0 Å². The van der Waals surface area contributed by atoms with Gasteiger partial charge in [0.05, 0.1) is 12.2 Å². The Kier molecular flexibility index (Phi) is 3.81. The van der Waals surface area contributed by atoms with Crippen molar-refractivity contribution in [1.29, 1.82) is 0 Å². The first-order valence-corrected chi connectivity index (χ1v) is 4.75. The standard InChI is InChI=1S/C10H14N2O4/c1-10(16,6-13)5-12-9(15)7-2-3-8(14)11-4-7/h2-4,13,16H,5-6H2,1H3,(H,11,14)(H,12,15). The van der Waals surface area contributed by atoms with Crippen LogP contribution in [0.5, 0.6) is 0 Å². The van der Waals surface area contributed by atoms with Gasteiger partial charge in [0.15, 0.2) is 0 Å². The van der Waals surface area contributed by atoms with Crippen LogP contribution in [-0.4, -0.2) is 39.9 Å². The molecular weight excluding hydrogens is 212 g/mol. The molecule has 0 saturated heterocycles. The molecule has 1 amide bonds. The molecule has 1 aromatic heterocycles. The summed E-state index contributed by atoms with van der Waals surface area (Å²) in [5.41, 5.74) is -1.36. The van der Waals surface area contributed by atoms with Gasteiger partial charge in [-0.05, 0) is 13.0 Å². The van der Waals surface area contributed by atoms with Crippen LogP contribution in [0, 0.1) is 0 Å². The third kappa shape index (κ3) is 3.48. The minimum absolute atomic E-state index is 0.0680. The van der Waals surface area contributed by atoms with Crippen molar-refractivity contribution in [3.05, 3.63) is 34.2 Å². The van der Waals surface area contributed by atoms with Gasteiger partial charge in [0.2, 0.25) is 5.56 Å². The molecule has 1 atom stereocenters. The van der Waals surface area contributed by atoms with Crippen molar-refractivity contribution < 1.29 is 15.0 Å². The maximum Gasteiger partial charge on any atom is 0.252 e. The Morgan fingerprint density at radius 2 is 2.25 bits per heavy atom. The lowest BCUT2D eigenvalue weighted by Gasteiger charge is -2.20. The Balaban J connectivity index is 2.60. The third-order valence-corrected chi connectivity index (χ3v) is 2.02. The molecule has 0 aliphatic carbocycles. The molecule has 6 nitrogen and oxygen atoms in total. The molecule has 0 bridgehead atoms. The smallest absolute Gasteiger partial charge is 0.252 e. The molecular formula is C10H14N2O4. The summed E-state index contributed by atoms with van der Waals surface area (Å²) in [4.78, 5) is 24.6. The Morgan fingerprint density at radius 3 is 2.75 bits per heavy atom. The number of carbonyl (C=O) groups excluding carboxylic acids is 1. The van der Waals surface area contributed by atoms with Crippen LogP contribution in [0.2, 0.25) is 0 Å². The zero-order valence-electron chi connectivity index (χ0n) is 8.86. The number of hydrogen-bond donors (Lipinski definition) is 4. The van der Waals surface area contributed by atoms with Gasteiger partial charge in [0.25, 0.3) is 5.91 Å². The van der Waals surface area contributed by atoms with Gasteiger partial charge in [-0.2, -0.15) is 0 Å². The number of H-pyrrole nitrogens is 1. The number of aromatic amines is 1. The van der Waals surface area contributed by atoms with Crippen LogP contribution >= 0.6 is 0 Å². The average Bonchev–Trinajstić information content (AvgIpc) is 2.27. The average molecular weight is 226 g/mol. The summed E-state index contributed by atoms with van der Waals surface area (Å²) in [7, 11) is 0. The van der Waals surface area contributed by atoms with Crippen LogP contribution < -0.4 is 10.9 Å². The summed E-state index contributed by atoms with van der Waals surface area (Å²) >= 11 is 0. The van der Waals surface area contributed by atoms with E-state index in [1.54, 1.807) is 0 Å². The molecule has 1 unspecified atom stereocenters. The Morgan fingerprint density at radius 1 is 1.56 bits per heavy atom. The number of nitrogens with one attached hydrogen (secondary N) is 2. The highest BCUT2D eigenvalue weighted by atomic mass is 16.3. The number of aliphatic hydroxyl groups is 2. The molecule has 0 aliphatic rings. The molecule has 0 saturated carbocycles. The molecule has 4 N–H and O–H groups in total. The van der Waals surface area contributed by atoms with E-state index >= 15 is 0 Å². The van der Waals surface area contributed by atoms with Crippen LogP contribution in [0.1, 0.15) is 17.3 Å². The first-order valence-electron chi connectivity index (χ1n) is 4.75. The van der Waals surface area contributed by atoms with Gasteiger partial charge in [-0.1, -0.05) is 0 Å². The molecule has 88 valence electrons. The predicted octanol–water partition coefficient (Wildman–Crippen LogP) is -1.15. The number of aliphatic hydroxyl groups excluding tert-OH is 1. The minimum Gasteiger partial charge on any atom is -0.393 e. The molecule has 1 rings (SSSR count). The van der Waals surface area contributed by atoms with E-state index in [1.165, 1.54) is 25.3 Å². The van der Waals surface area contributed by atoms with E-state index in [0.717, 1.165) is 0 Å². The van der Waals surface area contributed by atoms with Crippen molar-refractivity contribution in [2.45, 2.75) is 12.5 Å². The minimum atomic E-state index is -1.35. The number of pyridine rings is 1. The molecule has 0 radical (unpaired) electrons. The van der Waals surface area contributed by atoms with Crippen molar-refractivity contribution in [3.8, 4) is 0 Å². The van der Waals surface area contributed by atoms with E-state index < -0.39 is 18.1 Å². The lowest BCUT2D eigenvalue weighted by atomic mass is 10.1. The van der Waals surface area contributed by atoms with Gasteiger partial charge >= 0.3 is 0 Å².